The van der Waals surface area contributed by atoms with Crippen LogP contribution in [0.5, 0.6) is 0 Å². The summed E-state index contributed by atoms with van der Waals surface area (Å²) in [6, 6.07) is 0. The largest absolute Gasteiger partial charge is 0.385 e. The van der Waals surface area contributed by atoms with Crippen LogP contribution in [-0.2, 0) is 11.2 Å². The summed E-state index contributed by atoms with van der Waals surface area (Å²) in [6.07, 6.45) is 6.64. The Labute approximate surface area is 102 Å². The first kappa shape index (κ1) is 12.2. The lowest BCUT2D eigenvalue weighted by atomic mass is 10.1. The molecule has 94 valence electrons. The first-order chi connectivity index (χ1) is 8.29. The number of aryl methyl sites for hydroxylation is 1. The van der Waals surface area contributed by atoms with Gasteiger partial charge in [-0.25, -0.2) is 4.98 Å². The molecule has 1 heterocycles. The summed E-state index contributed by atoms with van der Waals surface area (Å²) in [5.74, 6) is 2.54. The molecule has 0 spiro atoms. The van der Waals surface area contributed by atoms with Gasteiger partial charge in [0.2, 0.25) is 5.95 Å². The molecule has 0 aliphatic heterocycles. The van der Waals surface area contributed by atoms with Crippen molar-refractivity contribution in [1.82, 2.24) is 15.0 Å². The molecule has 0 bridgehead atoms. The van der Waals surface area contributed by atoms with Gasteiger partial charge in [-0.05, 0) is 19.3 Å². The highest BCUT2D eigenvalue weighted by Gasteiger charge is 2.20. The lowest BCUT2D eigenvalue weighted by molar-refractivity contribution is 0.194. The van der Waals surface area contributed by atoms with Gasteiger partial charge in [-0.1, -0.05) is 12.8 Å². The van der Waals surface area contributed by atoms with Gasteiger partial charge in [0.05, 0.1) is 0 Å². The molecule has 0 atom stereocenters. The molecule has 2 N–H and O–H groups in total. The average molecular weight is 236 g/mol. The van der Waals surface area contributed by atoms with Crippen molar-refractivity contribution in [3.05, 3.63) is 11.6 Å². The highest BCUT2D eigenvalue weighted by molar-refractivity contribution is 5.18. The molecule has 1 aliphatic rings. The highest BCUT2D eigenvalue weighted by atomic mass is 16.5. The summed E-state index contributed by atoms with van der Waals surface area (Å²) in [4.78, 5) is 13.0. The normalized spacial score (nSPS) is 16.5. The predicted molar refractivity (Wildman–Crippen MR) is 65.6 cm³/mol. The van der Waals surface area contributed by atoms with E-state index in [0.717, 1.165) is 31.1 Å². The minimum absolute atomic E-state index is 0.356. The predicted octanol–water partition coefficient (Wildman–Crippen LogP) is 1.69. The van der Waals surface area contributed by atoms with E-state index in [1.807, 2.05) is 0 Å². The summed E-state index contributed by atoms with van der Waals surface area (Å²) in [5, 5.41) is 0. The van der Waals surface area contributed by atoms with Crippen LogP contribution in [0.25, 0.3) is 0 Å². The summed E-state index contributed by atoms with van der Waals surface area (Å²) in [7, 11) is 1.70. The van der Waals surface area contributed by atoms with Crippen LogP contribution in [-0.4, -0.2) is 28.7 Å². The number of nitrogens with two attached hydrogens (primary N) is 1. The van der Waals surface area contributed by atoms with Gasteiger partial charge in [-0.3, -0.25) is 0 Å². The second-order valence-electron chi connectivity index (χ2n) is 4.55. The van der Waals surface area contributed by atoms with Gasteiger partial charge in [-0.15, -0.1) is 0 Å². The molecule has 17 heavy (non-hydrogen) atoms. The van der Waals surface area contributed by atoms with Gasteiger partial charge in [0.15, 0.2) is 0 Å². The molecule has 1 saturated carbocycles. The van der Waals surface area contributed by atoms with E-state index < -0.39 is 0 Å². The fourth-order valence-corrected chi connectivity index (χ4v) is 2.31. The summed E-state index contributed by atoms with van der Waals surface area (Å²) in [6.45, 7) is 0.727. The average Bonchev–Trinajstić information content (AvgIpc) is 2.82. The lowest BCUT2D eigenvalue weighted by Gasteiger charge is -2.09. The molecule has 0 saturated heterocycles. The Hall–Kier alpha value is -1.23. The number of aromatic nitrogens is 3. The van der Waals surface area contributed by atoms with Crippen molar-refractivity contribution in [3.63, 3.8) is 0 Å². The number of methoxy groups -OCH3 is 1. The van der Waals surface area contributed by atoms with E-state index in [1.165, 1.54) is 25.7 Å². The van der Waals surface area contributed by atoms with Crippen molar-refractivity contribution >= 4 is 5.95 Å². The second-order valence-corrected chi connectivity index (χ2v) is 4.55. The zero-order valence-corrected chi connectivity index (χ0v) is 10.4. The molecule has 0 radical (unpaired) electrons. The van der Waals surface area contributed by atoms with Crippen LogP contribution >= 0.6 is 0 Å². The first-order valence-corrected chi connectivity index (χ1v) is 6.29. The Kier molecular flexibility index (Phi) is 4.25. The fraction of sp³-hybridized carbons (Fsp3) is 0.750. The van der Waals surface area contributed by atoms with Gasteiger partial charge in [0, 0.05) is 26.1 Å². The van der Waals surface area contributed by atoms with Gasteiger partial charge >= 0.3 is 0 Å². The third kappa shape index (κ3) is 3.36. The molecule has 2 rings (SSSR count). The van der Waals surface area contributed by atoms with Crippen molar-refractivity contribution in [2.24, 2.45) is 0 Å². The Balaban J connectivity index is 2.05. The van der Waals surface area contributed by atoms with Gasteiger partial charge in [-0.2, -0.15) is 9.97 Å². The molecule has 0 aromatic carbocycles. The summed E-state index contributed by atoms with van der Waals surface area (Å²) >= 11 is 0. The number of hydrogen-bond donors (Lipinski definition) is 1. The quantitative estimate of drug-likeness (QED) is 0.787. The third-order valence-electron chi connectivity index (χ3n) is 3.19. The van der Waals surface area contributed by atoms with E-state index in [2.05, 4.69) is 15.0 Å². The molecule has 0 unspecified atom stereocenters. The van der Waals surface area contributed by atoms with Crippen LogP contribution in [0.15, 0.2) is 0 Å². The van der Waals surface area contributed by atoms with Gasteiger partial charge in [0.1, 0.15) is 11.6 Å². The molecular formula is C12H20N4O. The molecule has 5 heteroatoms. The van der Waals surface area contributed by atoms with Gasteiger partial charge in [0.25, 0.3) is 0 Å². The third-order valence-corrected chi connectivity index (χ3v) is 3.19. The van der Waals surface area contributed by atoms with Gasteiger partial charge < -0.3 is 10.5 Å². The van der Waals surface area contributed by atoms with E-state index >= 15 is 0 Å². The summed E-state index contributed by atoms with van der Waals surface area (Å²) < 4.78 is 5.02. The molecule has 1 aromatic rings. The molecule has 5 nitrogen and oxygen atoms in total. The van der Waals surface area contributed by atoms with E-state index in [9.17, 15) is 0 Å². The molecule has 1 aliphatic carbocycles. The SMILES string of the molecule is COCCCc1nc(N)nc(C2CCCC2)n1. The maximum atomic E-state index is 5.74. The zero-order valence-electron chi connectivity index (χ0n) is 10.4. The number of rotatable bonds is 5. The minimum atomic E-state index is 0.356. The van der Waals surface area contributed by atoms with Crippen molar-refractivity contribution in [3.8, 4) is 0 Å². The number of ether oxygens (including phenoxy) is 1. The lowest BCUT2D eigenvalue weighted by Crippen LogP contribution is -2.10. The van der Waals surface area contributed by atoms with E-state index in [0.29, 0.717) is 11.9 Å². The number of nitrogen functional groups attached to an aromatic ring is 1. The van der Waals surface area contributed by atoms with Crippen LogP contribution in [0.3, 0.4) is 0 Å². The molecule has 1 aromatic heterocycles. The van der Waals surface area contributed by atoms with Crippen molar-refractivity contribution in [2.45, 2.75) is 44.4 Å². The standard InChI is InChI=1S/C12H20N4O/c1-17-8-4-7-10-14-11(16-12(13)15-10)9-5-2-3-6-9/h9H,2-8H2,1H3,(H2,13,14,15,16). The monoisotopic (exact) mass is 236 g/mol. The Morgan fingerprint density at radius 2 is 2.00 bits per heavy atom. The topological polar surface area (TPSA) is 73.9 Å². The summed E-state index contributed by atoms with van der Waals surface area (Å²) in [5.41, 5.74) is 5.74. The Morgan fingerprint density at radius 3 is 2.71 bits per heavy atom. The number of anilines is 1. The van der Waals surface area contributed by atoms with Crippen molar-refractivity contribution < 1.29 is 4.74 Å². The van der Waals surface area contributed by atoms with E-state index in [-0.39, 0.29) is 0 Å². The second kappa shape index (κ2) is 5.91. The minimum Gasteiger partial charge on any atom is -0.385 e. The fourth-order valence-electron chi connectivity index (χ4n) is 2.31. The zero-order chi connectivity index (χ0) is 12.1. The van der Waals surface area contributed by atoms with E-state index in [4.69, 9.17) is 10.5 Å². The highest BCUT2D eigenvalue weighted by Crippen LogP contribution is 2.32. The Bertz CT molecular complexity index is 364. The van der Waals surface area contributed by atoms with Crippen LogP contribution < -0.4 is 5.73 Å². The van der Waals surface area contributed by atoms with Crippen molar-refractivity contribution in [1.29, 1.82) is 0 Å². The number of nitrogens with zero attached hydrogens (tertiary/aromatic N) is 3. The van der Waals surface area contributed by atoms with Crippen LogP contribution in [0.4, 0.5) is 5.95 Å². The van der Waals surface area contributed by atoms with Crippen molar-refractivity contribution in [2.75, 3.05) is 19.5 Å². The maximum absolute atomic E-state index is 5.74. The number of hydrogen-bond acceptors (Lipinski definition) is 5. The smallest absolute Gasteiger partial charge is 0.223 e. The van der Waals surface area contributed by atoms with Crippen LogP contribution in [0.2, 0.25) is 0 Å². The van der Waals surface area contributed by atoms with Crippen LogP contribution in [0.1, 0.15) is 49.7 Å². The molecular weight excluding hydrogens is 216 g/mol. The first-order valence-electron chi connectivity index (χ1n) is 6.29. The maximum Gasteiger partial charge on any atom is 0.223 e. The molecule has 1 fully saturated rings. The molecule has 0 amide bonds. The Morgan fingerprint density at radius 1 is 1.24 bits per heavy atom. The van der Waals surface area contributed by atoms with E-state index in [1.54, 1.807) is 7.11 Å². The van der Waals surface area contributed by atoms with Crippen LogP contribution in [0, 0.1) is 0 Å².